The Morgan fingerprint density at radius 1 is 1.26 bits per heavy atom. The maximum Gasteiger partial charge on any atom is 0.125 e. The first kappa shape index (κ1) is 13.5. The van der Waals surface area contributed by atoms with Gasteiger partial charge < -0.3 is 10.0 Å². The summed E-state index contributed by atoms with van der Waals surface area (Å²) in [4.78, 5) is 6.08. The topological polar surface area (TPSA) is 36.4 Å². The van der Waals surface area contributed by atoms with Gasteiger partial charge in [0.05, 0.1) is 23.7 Å². The van der Waals surface area contributed by atoms with E-state index >= 15 is 0 Å². The number of aliphatic hydroxyl groups excluding tert-OH is 1. The van der Waals surface area contributed by atoms with Crippen LogP contribution in [0.2, 0.25) is 0 Å². The van der Waals surface area contributed by atoms with E-state index in [4.69, 9.17) is 0 Å². The van der Waals surface area contributed by atoms with Crippen molar-refractivity contribution in [1.29, 1.82) is 0 Å². The maximum absolute atomic E-state index is 13.2. The van der Waals surface area contributed by atoms with Crippen LogP contribution in [0.1, 0.15) is 25.1 Å². The zero-order valence-electron chi connectivity index (χ0n) is 11.0. The highest BCUT2D eigenvalue weighted by Crippen LogP contribution is 2.24. The molecule has 1 N–H and O–H groups in total. The lowest BCUT2D eigenvalue weighted by molar-refractivity contribution is 0.169. The fourth-order valence-corrected chi connectivity index (χ4v) is 1.84. The van der Waals surface area contributed by atoms with Gasteiger partial charge >= 0.3 is 0 Å². The number of aromatic nitrogens is 1. The van der Waals surface area contributed by atoms with Crippen molar-refractivity contribution in [3.05, 3.63) is 54.1 Å². The Balaban J connectivity index is 2.22. The summed E-state index contributed by atoms with van der Waals surface area (Å²) < 4.78 is 13.2. The fourth-order valence-electron chi connectivity index (χ4n) is 1.84. The first-order valence-corrected chi connectivity index (χ1v) is 6.25. The molecule has 3 nitrogen and oxygen atoms in total. The molecule has 0 bridgehead atoms. The highest BCUT2D eigenvalue weighted by atomic mass is 19.1. The number of anilines is 2. The van der Waals surface area contributed by atoms with E-state index in [-0.39, 0.29) is 5.82 Å². The number of nitrogens with zero attached hydrogens (tertiary/aromatic N) is 2. The lowest BCUT2D eigenvalue weighted by Crippen LogP contribution is -2.10. The van der Waals surface area contributed by atoms with Gasteiger partial charge in [0, 0.05) is 12.7 Å². The molecule has 1 unspecified atom stereocenters. The van der Waals surface area contributed by atoms with Gasteiger partial charge in [0.2, 0.25) is 0 Å². The van der Waals surface area contributed by atoms with E-state index < -0.39 is 6.10 Å². The molecular weight excluding hydrogens is 243 g/mol. The minimum Gasteiger partial charge on any atom is -0.387 e. The standard InChI is InChI=1S/C15H17FN2O/c1-3-15(19)14-8-7-13(10-17-14)18(2)12-6-4-5-11(16)9-12/h4-10,15,19H,3H2,1-2H3. The number of aliphatic hydroxyl groups is 1. The normalized spacial score (nSPS) is 12.2. The molecule has 1 aromatic heterocycles. The van der Waals surface area contributed by atoms with Crippen molar-refractivity contribution < 1.29 is 9.50 Å². The molecule has 0 saturated carbocycles. The molecule has 1 heterocycles. The Labute approximate surface area is 112 Å². The monoisotopic (exact) mass is 260 g/mol. The van der Waals surface area contributed by atoms with Crippen LogP contribution in [0, 0.1) is 5.82 Å². The third-order valence-corrected chi connectivity index (χ3v) is 3.08. The van der Waals surface area contributed by atoms with Gasteiger partial charge in [-0.25, -0.2) is 4.39 Å². The molecule has 2 rings (SSSR count). The minimum atomic E-state index is -0.534. The number of benzene rings is 1. The van der Waals surface area contributed by atoms with Crippen LogP contribution in [0.3, 0.4) is 0 Å². The van der Waals surface area contributed by atoms with E-state index in [0.717, 1.165) is 11.4 Å². The SMILES string of the molecule is CCC(O)c1ccc(N(C)c2cccc(F)c2)cn1. The minimum absolute atomic E-state index is 0.268. The highest BCUT2D eigenvalue weighted by Gasteiger charge is 2.09. The van der Waals surface area contributed by atoms with Crippen molar-refractivity contribution >= 4 is 11.4 Å². The Morgan fingerprint density at radius 3 is 2.63 bits per heavy atom. The van der Waals surface area contributed by atoms with E-state index in [9.17, 15) is 9.50 Å². The van der Waals surface area contributed by atoms with Crippen LogP contribution in [0.5, 0.6) is 0 Å². The second kappa shape index (κ2) is 5.80. The van der Waals surface area contributed by atoms with E-state index in [1.165, 1.54) is 12.1 Å². The number of halogens is 1. The zero-order valence-corrected chi connectivity index (χ0v) is 11.0. The first-order chi connectivity index (χ1) is 9.11. The molecule has 0 aliphatic rings. The quantitative estimate of drug-likeness (QED) is 0.915. The van der Waals surface area contributed by atoms with Crippen LogP contribution >= 0.6 is 0 Å². The zero-order chi connectivity index (χ0) is 13.8. The summed E-state index contributed by atoms with van der Waals surface area (Å²) in [6.45, 7) is 1.90. The molecular formula is C15H17FN2O. The van der Waals surface area contributed by atoms with E-state index in [1.54, 1.807) is 18.3 Å². The largest absolute Gasteiger partial charge is 0.387 e. The van der Waals surface area contributed by atoms with Crippen molar-refractivity contribution in [1.82, 2.24) is 4.98 Å². The van der Waals surface area contributed by atoms with Gasteiger partial charge in [-0.3, -0.25) is 4.98 Å². The van der Waals surface area contributed by atoms with E-state index in [2.05, 4.69) is 4.98 Å². The van der Waals surface area contributed by atoms with E-state index in [1.807, 2.05) is 31.0 Å². The molecule has 4 heteroatoms. The Kier molecular flexibility index (Phi) is 4.12. The fraction of sp³-hybridized carbons (Fsp3) is 0.267. The molecule has 1 atom stereocenters. The molecule has 0 aliphatic carbocycles. The Bertz CT molecular complexity index is 542. The van der Waals surface area contributed by atoms with Crippen LogP contribution in [-0.2, 0) is 0 Å². The van der Waals surface area contributed by atoms with Crippen molar-refractivity contribution in [2.75, 3.05) is 11.9 Å². The molecule has 19 heavy (non-hydrogen) atoms. The van der Waals surface area contributed by atoms with Gasteiger partial charge in [-0.2, -0.15) is 0 Å². The molecule has 0 aliphatic heterocycles. The van der Waals surface area contributed by atoms with Crippen molar-refractivity contribution in [2.24, 2.45) is 0 Å². The molecule has 2 aromatic rings. The van der Waals surface area contributed by atoms with Crippen LogP contribution in [0.25, 0.3) is 0 Å². The second-order valence-corrected chi connectivity index (χ2v) is 4.40. The second-order valence-electron chi connectivity index (χ2n) is 4.40. The summed E-state index contributed by atoms with van der Waals surface area (Å²) in [5.74, 6) is -0.268. The Hall–Kier alpha value is -1.94. The predicted molar refractivity (Wildman–Crippen MR) is 74.0 cm³/mol. The van der Waals surface area contributed by atoms with Crippen LogP contribution in [0.4, 0.5) is 15.8 Å². The van der Waals surface area contributed by atoms with Crippen LogP contribution < -0.4 is 4.90 Å². The number of hydrogen-bond donors (Lipinski definition) is 1. The van der Waals surface area contributed by atoms with Gasteiger partial charge in [-0.15, -0.1) is 0 Å². The molecule has 0 fully saturated rings. The van der Waals surface area contributed by atoms with Gasteiger partial charge in [-0.1, -0.05) is 13.0 Å². The van der Waals surface area contributed by atoms with Gasteiger partial charge in [-0.05, 0) is 36.8 Å². The van der Waals surface area contributed by atoms with Crippen LogP contribution in [-0.4, -0.2) is 17.1 Å². The van der Waals surface area contributed by atoms with Crippen molar-refractivity contribution in [3.8, 4) is 0 Å². The van der Waals surface area contributed by atoms with Gasteiger partial charge in [0.15, 0.2) is 0 Å². The lowest BCUT2D eigenvalue weighted by Gasteiger charge is -2.19. The van der Waals surface area contributed by atoms with Gasteiger partial charge in [0.25, 0.3) is 0 Å². The smallest absolute Gasteiger partial charge is 0.125 e. The average Bonchev–Trinajstić information content (AvgIpc) is 2.46. The predicted octanol–water partition coefficient (Wildman–Crippen LogP) is 3.43. The van der Waals surface area contributed by atoms with Gasteiger partial charge in [0.1, 0.15) is 5.82 Å². The number of pyridine rings is 1. The molecule has 100 valence electrons. The van der Waals surface area contributed by atoms with Crippen molar-refractivity contribution in [3.63, 3.8) is 0 Å². The summed E-state index contributed by atoms with van der Waals surface area (Å²) in [6.07, 6.45) is 1.78. The maximum atomic E-state index is 13.2. The first-order valence-electron chi connectivity index (χ1n) is 6.25. The summed E-state index contributed by atoms with van der Waals surface area (Å²) in [6, 6.07) is 10.0. The third-order valence-electron chi connectivity index (χ3n) is 3.08. The summed E-state index contributed by atoms with van der Waals surface area (Å²) in [7, 11) is 1.85. The molecule has 0 amide bonds. The summed E-state index contributed by atoms with van der Waals surface area (Å²) in [5.41, 5.74) is 2.25. The molecule has 0 spiro atoms. The number of rotatable bonds is 4. The molecule has 0 saturated heterocycles. The highest BCUT2D eigenvalue weighted by molar-refractivity contribution is 5.61. The molecule has 0 radical (unpaired) electrons. The summed E-state index contributed by atoms with van der Waals surface area (Å²) in [5, 5.41) is 9.69. The average molecular weight is 260 g/mol. The Morgan fingerprint density at radius 2 is 2.05 bits per heavy atom. The lowest BCUT2D eigenvalue weighted by atomic mass is 10.2. The number of hydrogen-bond acceptors (Lipinski definition) is 3. The van der Waals surface area contributed by atoms with Crippen molar-refractivity contribution in [2.45, 2.75) is 19.4 Å². The molecule has 1 aromatic carbocycles. The summed E-state index contributed by atoms with van der Waals surface area (Å²) >= 11 is 0. The van der Waals surface area contributed by atoms with E-state index in [0.29, 0.717) is 12.1 Å². The van der Waals surface area contributed by atoms with Crippen LogP contribution in [0.15, 0.2) is 42.6 Å². The third kappa shape index (κ3) is 3.09.